The van der Waals surface area contributed by atoms with E-state index in [1.807, 2.05) is 38.9 Å². The van der Waals surface area contributed by atoms with Crippen LogP contribution in [0.2, 0.25) is 0 Å². The van der Waals surface area contributed by atoms with E-state index in [0.717, 1.165) is 39.8 Å². The summed E-state index contributed by atoms with van der Waals surface area (Å²) >= 11 is 0. The van der Waals surface area contributed by atoms with Crippen LogP contribution >= 0.6 is 0 Å². The smallest absolute Gasteiger partial charge is 0.244 e. The van der Waals surface area contributed by atoms with Crippen LogP contribution in [0.15, 0.2) is 47.1 Å². The van der Waals surface area contributed by atoms with Gasteiger partial charge in [0, 0.05) is 41.7 Å². The van der Waals surface area contributed by atoms with E-state index >= 15 is 0 Å². The molecule has 3 rings (SSSR count). The first-order valence-corrected chi connectivity index (χ1v) is 10.7. The van der Waals surface area contributed by atoms with E-state index in [0.29, 0.717) is 18.9 Å². The summed E-state index contributed by atoms with van der Waals surface area (Å²) in [5.74, 6) is 0.607. The van der Waals surface area contributed by atoms with Gasteiger partial charge in [-0.05, 0) is 64.6 Å². The SMILES string of the molecule is CCOc1cc2occ(-c3ccc(C)cc3C)c2cc1/C(C)=C/C(=O)NCCN(C)C. The Bertz CT molecular complexity index is 1110. The van der Waals surface area contributed by atoms with Gasteiger partial charge in [-0.15, -0.1) is 0 Å². The molecule has 5 nitrogen and oxygen atoms in total. The number of hydrogen-bond acceptors (Lipinski definition) is 4. The summed E-state index contributed by atoms with van der Waals surface area (Å²) in [5.41, 5.74) is 7.12. The van der Waals surface area contributed by atoms with E-state index < -0.39 is 0 Å². The monoisotopic (exact) mass is 420 g/mol. The summed E-state index contributed by atoms with van der Waals surface area (Å²) in [6.07, 6.45) is 3.44. The highest BCUT2D eigenvalue weighted by Gasteiger charge is 2.16. The fraction of sp³-hybridized carbons (Fsp3) is 0.346. The highest BCUT2D eigenvalue weighted by atomic mass is 16.5. The second-order valence-electron chi connectivity index (χ2n) is 8.17. The molecule has 3 aromatic rings. The molecule has 0 spiro atoms. The summed E-state index contributed by atoms with van der Waals surface area (Å²) in [5, 5.41) is 3.94. The zero-order valence-corrected chi connectivity index (χ0v) is 19.3. The summed E-state index contributed by atoms with van der Waals surface area (Å²) in [7, 11) is 3.96. The molecule has 1 N–H and O–H groups in total. The summed E-state index contributed by atoms with van der Waals surface area (Å²) in [4.78, 5) is 14.4. The van der Waals surface area contributed by atoms with E-state index in [1.165, 1.54) is 11.1 Å². The molecule has 0 fully saturated rings. The molecule has 0 aliphatic carbocycles. The van der Waals surface area contributed by atoms with Gasteiger partial charge in [0.05, 0.1) is 12.9 Å². The number of amides is 1. The van der Waals surface area contributed by atoms with E-state index in [4.69, 9.17) is 9.15 Å². The Balaban J connectivity index is 2.02. The fourth-order valence-electron chi connectivity index (χ4n) is 3.69. The van der Waals surface area contributed by atoms with Gasteiger partial charge in [-0.1, -0.05) is 23.8 Å². The Morgan fingerprint density at radius 3 is 2.61 bits per heavy atom. The highest BCUT2D eigenvalue weighted by molar-refractivity contribution is 6.00. The van der Waals surface area contributed by atoms with Crippen molar-refractivity contribution in [1.29, 1.82) is 0 Å². The minimum atomic E-state index is -0.108. The number of nitrogens with one attached hydrogen (secondary N) is 1. The van der Waals surface area contributed by atoms with Gasteiger partial charge in [-0.25, -0.2) is 0 Å². The molecule has 0 aliphatic rings. The van der Waals surface area contributed by atoms with Gasteiger partial charge in [-0.2, -0.15) is 0 Å². The van der Waals surface area contributed by atoms with Crippen LogP contribution in [-0.4, -0.2) is 44.6 Å². The number of furan rings is 1. The molecule has 1 aromatic heterocycles. The van der Waals surface area contributed by atoms with Crippen molar-refractivity contribution in [3.63, 3.8) is 0 Å². The maximum Gasteiger partial charge on any atom is 0.244 e. The number of benzene rings is 2. The van der Waals surface area contributed by atoms with E-state index in [9.17, 15) is 4.79 Å². The Labute approximate surface area is 184 Å². The van der Waals surface area contributed by atoms with Crippen LogP contribution in [0.25, 0.3) is 27.7 Å². The van der Waals surface area contributed by atoms with Crippen LogP contribution in [0.5, 0.6) is 5.75 Å². The van der Waals surface area contributed by atoms with Gasteiger partial charge in [0.15, 0.2) is 0 Å². The van der Waals surface area contributed by atoms with Crippen LogP contribution in [-0.2, 0) is 4.79 Å². The molecule has 1 heterocycles. The Kier molecular flexibility index (Phi) is 7.18. The highest BCUT2D eigenvalue weighted by Crippen LogP contribution is 2.38. The van der Waals surface area contributed by atoms with E-state index in [-0.39, 0.29) is 5.91 Å². The number of rotatable bonds is 8. The normalized spacial score (nSPS) is 11.9. The molecular formula is C26H32N2O3. The third kappa shape index (κ3) is 5.36. The maximum atomic E-state index is 12.4. The number of carbonyl (C=O) groups excluding carboxylic acids is 1. The van der Waals surface area contributed by atoms with Crippen molar-refractivity contribution in [1.82, 2.24) is 10.2 Å². The summed E-state index contributed by atoms with van der Waals surface area (Å²) in [6, 6.07) is 10.4. The van der Waals surface area contributed by atoms with Gasteiger partial charge in [0.2, 0.25) is 5.91 Å². The lowest BCUT2D eigenvalue weighted by atomic mass is 9.96. The number of aryl methyl sites for hydroxylation is 2. The van der Waals surface area contributed by atoms with Crippen LogP contribution in [0.4, 0.5) is 0 Å². The first-order chi connectivity index (χ1) is 14.8. The van der Waals surface area contributed by atoms with Crippen LogP contribution < -0.4 is 10.1 Å². The average molecular weight is 421 g/mol. The third-order valence-corrected chi connectivity index (χ3v) is 5.28. The van der Waals surface area contributed by atoms with Crippen LogP contribution in [0.3, 0.4) is 0 Å². The van der Waals surface area contributed by atoms with Crippen molar-refractivity contribution in [2.75, 3.05) is 33.8 Å². The van der Waals surface area contributed by atoms with Gasteiger partial charge in [0.1, 0.15) is 11.3 Å². The quantitative estimate of drug-likeness (QED) is 0.509. The molecule has 5 heteroatoms. The fourth-order valence-corrected chi connectivity index (χ4v) is 3.69. The average Bonchev–Trinajstić information content (AvgIpc) is 3.10. The summed E-state index contributed by atoms with van der Waals surface area (Å²) < 4.78 is 11.8. The van der Waals surface area contributed by atoms with Crippen LogP contribution in [0, 0.1) is 13.8 Å². The zero-order chi connectivity index (χ0) is 22.5. The number of hydrogen-bond donors (Lipinski definition) is 1. The first-order valence-electron chi connectivity index (χ1n) is 10.7. The molecule has 0 bridgehead atoms. The van der Waals surface area contributed by atoms with E-state index in [2.05, 4.69) is 43.4 Å². The number of nitrogens with zero attached hydrogens (tertiary/aromatic N) is 1. The topological polar surface area (TPSA) is 54.7 Å². The van der Waals surface area contributed by atoms with Gasteiger partial charge >= 0.3 is 0 Å². The van der Waals surface area contributed by atoms with Gasteiger partial charge in [-0.3, -0.25) is 4.79 Å². The van der Waals surface area contributed by atoms with Gasteiger partial charge < -0.3 is 19.4 Å². The minimum Gasteiger partial charge on any atom is -0.493 e. The Morgan fingerprint density at radius 2 is 1.94 bits per heavy atom. The molecule has 0 atom stereocenters. The van der Waals surface area contributed by atoms with Crippen molar-refractivity contribution in [2.45, 2.75) is 27.7 Å². The predicted octanol–water partition coefficient (Wildman–Crippen LogP) is 5.20. The van der Waals surface area contributed by atoms with Crippen LogP contribution in [0.1, 0.15) is 30.5 Å². The molecule has 0 radical (unpaired) electrons. The van der Waals surface area contributed by atoms with Crippen molar-refractivity contribution in [3.05, 3.63) is 59.4 Å². The van der Waals surface area contributed by atoms with Crippen molar-refractivity contribution >= 4 is 22.4 Å². The maximum absolute atomic E-state index is 12.4. The Hall–Kier alpha value is -3.05. The molecule has 0 unspecified atom stereocenters. The van der Waals surface area contributed by atoms with Gasteiger partial charge in [0.25, 0.3) is 0 Å². The number of likely N-dealkylation sites (N-methyl/N-ethyl adjacent to an activating group) is 1. The number of carbonyl (C=O) groups is 1. The number of fused-ring (bicyclic) bond motifs is 1. The molecule has 0 saturated carbocycles. The standard InChI is InChI=1S/C26H32N2O3/c1-7-30-24-15-25-22(23(16-31-25)20-9-8-17(2)12-18(20)3)14-21(24)19(4)13-26(29)27-10-11-28(5)6/h8-9,12-16H,7,10-11H2,1-6H3,(H,27,29)/b19-13+. The largest absolute Gasteiger partial charge is 0.493 e. The lowest BCUT2D eigenvalue weighted by molar-refractivity contribution is -0.116. The predicted molar refractivity (Wildman–Crippen MR) is 128 cm³/mol. The number of ether oxygens (including phenoxy) is 1. The van der Waals surface area contributed by atoms with Crippen molar-refractivity contribution < 1.29 is 13.9 Å². The first kappa shape index (κ1) is 22.6. The zero-order valence-electron chi connectivity index (χ0n) is 19.3. The molecule has 31 heavy (non-hydrogen) atoms. The lowest BCUT2D eigenvalue weighted by Gasteiger charge is -2.13. The second kappa shape index (κ2) is 9.84. The Morgan fingerprint density at radius 1 is 1.16 bits per heavy atom. The van der Waals surface area contributed by atoms with Crippen molar-refractivity contribution in [2.24, 2.45) is 0 Å². The second-order valence-corrected chi connectivity index (χ2v) is 8.17. The third-order valence-electron chi connectivity index (χ3n) is 5.28. The molecule has 164 valence electrons. The minimum absolute atomic E-state index is 0.108. The van der Waals surface area contributed by atoms with E-state index in [1.54, 1.807) is 12.3 Å². The molecule has 1 amide bonds. The molecular weight excluding hydrogens is 388 g/mol. The number of allylic oxidation sites excluding steroid dienone is 1. The molecule has 0 saturated heterocycles. The summed E-state index contributed by atoms with van der Waals surface area (Å²) in [6.45, 7) is 10.0. The van der Waals surface area contributed by atoms with Crippen molar-refractivity contribution in [3.8, 4) is 16.9 Å². The lowest BCUT2D eigenvalue weighted by Crippen LogP contribution is -2.30. The molecule has 2 aromatic carbocycles. The molecule has 0 aliphatic heterocycles.